The summed E-state index contributed by atoms with van der Waals surface area (Å²) in [6.45, 7) is 2.96. The van der Waals surface area contributed by atoms with Gasteiger partial charge >= 0.3 is 0 Å². The number of hydrogen-bond donors (Lipinski definition) is 2. The highest BCUT2D eigenvalue weighted by molar-refractivity contribution is 5.05. The highest BCUT2D eigenvalue weighted by atomic mass is 16.3. The summed E-state index contributed by atoms with van der Waals surface area (Å²) in [7, 11) is 0. The van der Waals surface area contributed by atoms with Crippen molar-refractivity contribution in [3.05, 3.63) is 18.0 Å². The van der Waals surface area contributed by atoms with Gasteiger partial charge in [-0.15, -0.1) is 0 Å². The number of nitrogens with zero attached hydrogens (tertiary/aromatic N) is 2. The lowest BCUT2D eigenvalue weighted by Crippen LogP contribution is -2.16. The van der Waals surface area contributed by atoms with Gasteiger partial charge in [0.25, 0.3) is 0 Å². The zero-order chi connectivity index (χ0) is 8.97. The van der Waals surface area contributed by atoms with Gasteiger partial charge in [0.1, 0.15) is 0 Å². The second kappa shape index (κ2) is 4.23. The van der Waals surface area contributed by atoms with E-state index in [9.17, 15) is 0 Å². The Hall–Kier alpha value is -0.870. The second-order valence-electron chi connectivity index (χ2n) is 2.69. The van der Waals surface area contributed by atoms with E-state index in [2.05, 4.69) is 5.10 Å². The van der Waals surface area contributed by atoms with E-state index in [-0.39, 0.29) is 12.6 Å². The van der Waals surface area contributed by atoms with Crippen molar-refractivity contribution in [3.8, 4) is 0 Å². The lowest BCUT2D eigenvalue weighted by molar-refractivity contribution is 0.274. The molecule has 4 heteroatoms. The molecule has 1 aromatic rings. The summed E-state index contributed by atoms with van der Waals surface area (Å²) >= 11 is 0. The van der Waals surface area contributed by atoms with Gasteiger partial charge in [-0.05, 0) is 19.4 Å². The average molecular weight is 169 g/mol. The molecule has 1 heterocycles. The Balaban J connectivity index is 2.71. The number of aromatic nitrogens is 2. The molecule has 1 rings (SSSR count). The van der Waals surface area contributed by atoms with Crippen LogP contribution in [0.2, 0.25) is 0 Å². The minimum absolute atomic E-state index is 0.0996. The van der Waals surface area contributed by atoms with Crippen molar-refractivity contribution in [2.24, 2.45) is 5.73 Å². The fourth-order valence-corrected chi connectivity index (χ4v) is 1.21. The molecule has 0 fully saturated rings. The first-order chi connectivity index (χ1) is 5.79. The molecule has 68 valence electrons. The maximum atomic E-state index is 8.69. The molecular formula is C8H15N3O. The molecule has 0 aliphatic carbocycles. The summed E-state index contributed by atoms with van der Waals surface area (Å²) < 4.78 is 1.85. The van der Waals surface area contributed by atoms with Crippen molar-refractivity contribution in [3.63, 3.8) is 0 Å². The monoisotopic (exact) mass is 169 g/mol. The van der Waals surface area contributed by atoms with Gasteiger partial charge in [-0.3, -0.25) is 4.68 Å². The molecule has 0 saturated carbocycles. The van der Waals surface area contributed by atoms with Crippen LogP contribution in [0.5, 0.6) is 0 Å². The Kier molecular flexibility index (Phi) is 3.25. The van der Waals surface area contributed by atoms with Crippen molar-refractivity contribution in [2.45, 2.75) is 25.9 Å². The van der Waals surface area contributed by atoms with Gasteiger partial charge in [0, 0.05) is 25.4 Å². The Bertz CT molecular complexity index is 234. The molecule has 1 aromatic heterocycles. The molecule has 3 N–H and O–H groups in total. The van der Waals surface area contributed by atoms with E-state index in [1.807, 2.05) is 17.7 Å². The number of aliphatic hydroxyl groups excluding tert-OH is 1. The summed E-state index contributed by atoms with van der Waals surface area (Å²) in [4.78, 5) is 0. The van der Waals surface area contributed by atoms with Gasteiger partial charge in [-0.25, -0.2) is 0 Å². The van der Waals surface area contributed by atoms with E-state index < -0.39 is 0 Å². The first kappa shape index (κ1) is 9.22. The van der Waals surface area contributed by atoms with Crippen LogP contribution in [0.4, 0.5) is 0 Å². The fourth-order valence-electron chi connectivity index (χ4n) is 1.21. The molecular weight excluding hydrogens is 154 g/mol. The van der Waals surface area contributed by atoms with Crippen LogP contribution in [-0.4, -0.2) is 21.5 Å². The molecule has 1 atom stereocenters. The van der Waals surface area contributed by atoms with E-state index in [0.717, 1.165) is 12.2 Å². The maximum Gasteiger partial charge on any atom is 0.0552 e. The number of rotatable bonds is 4. The lowest BCUT2D eigenvalue weighted by atomic mass is 10.1. The third-order valence-corrected chi connectivity index (χ3v) is 1.87. The van der Waals surface area contributed by atoms with Crippen molar-refractivity contribution in [2.75, 3.05) is 6.61 Å². The molecule has 0 aliphatic rings. The quantitative estimate of drug-likeness (QED) is 0.680. The van der Waals surface area contributed by atoms with Crippen LogP contribution >= 0.6 is 0 Å². The molecule has 4 nitrogen and oxygen atoms in total. The number of aliphatic hydroxyl groups is 1. The molecule has 0 aromatic carbocycles. The van der Waals surface area contributed by atoms with Gasteiger partial charge in [0.05, 0.1) is 5.69 Å². The largest absolute Gasteiger partial charge is 0.396 e. The van der Waals surface area contributed by atoms with Crippen molar-refractivity contribution >= 4 is 0 Å². The van der Waals surface area contributed by atoms with Gasteiger partial charge in [-0.1, -0.05) is 0 Å². The third kappa shape index (κ3) is 1.84. The van der Waals surface area contributed by atoms with Crippen molar-refractivity contribution < 1.29 is 5.11 Å². The predicted molar refractivity (Wildman–Crippen MR) is 46.5 cm³/mol. The number of nitrogens with two attached hydrogens (primary N) is 1. The van der Waals surface area contributed by atoms with Crippen LogP contribution in [0, 0.1) is 0 Å². The van der Waals surface area contributed by atoms with Crippen LogP contribution in [0.1, 0.15) is 25.1 Å². The summed E-state index contributed by atoms with van der Waals surface area (Å²) in [5.74, 6) is 0. The third-order valence-electron chi connectivity index (χ3n) is 1.87. The molecule has 0 unspecified atom stereocenters. The topological polar surface area (TPSA) is 64.1 Å². The summed E-state index contributed by atoms with van der Waals surface area (Å²) in [6.07, 6.45) is 2.32. The molecule has 0 spiro atoms. The SMILES string of the molecule is CCn1nccc1[C@H](N)CCO. The van der Waals surface area contributed by atoms with E-state index in [4.69, 9.17) is 10.8 Å². The fraction of sp³-hybridized carbons (Fsp3) is 0.625. The van der Waals surface area contributed by atoms with Crippen molar-refractivity contribution in [1.82, 2.24) is 9.78 Å². The Labute approximate surface area is 72.0 Å². The summed E-state index contributed by atoms with van der Waals surface area (Å²) in [5, 5.41) is 12.8. The molecule has 0 amide bonds. The standard InChI is InChI=1S/C8H15N3O/c1-2-11-8(3-5-10-11)7(9)4-6-12/h3,5,7,12H,2,4,6,9H2,1H3/t7-/m1/s1. The molecule has 0 radical (unpaired) electrons. The highest BCUT2D eigenvalue weighted by Gasteiger charge is 2.09. The molecule has 12 heavy (non-hydrogen) atoms. The van der Waals surface area contributed by atoms with Crippen LogP contribution in [-0.2, 0) is 6.54 Å². The zero-order valence-corrected chi connectivity index (χ0v) is 7.27. The minimum Gasteiger partial charge on any atom is -0.396 e. The van der Waals surface area contributed by atoms with Crippen LogP contribution in [0.3, 0.4) is 0 Å². The number of aryl methyl sites for hydroxylation is 1. The normalized spacial score (nSPS) is 13.2. The first-order valence-electron chi connectivity index (χ1n) is 4.17. The smallest absolute Gasteiger partial charge is 0.0552 e. The van der Waals surface area contributed by atoms with E-state index in [0.29, 0.717) is 6.42 Å². The van der Waals surface area contributed by atoms with E-state index in [1.165, 1.54) is 0 Å². The summed E-state index contributed by atoms with van der Waals surface area (Å²) in [5.41, 5.74) is 6.80. The van der Waals surface area contributed by atoms with E-state index >= 15 is 0 Å². The minimum atomic E-state index is -0.0996. The maximum absolute atomic E-state index is 8.69. The van der Waals surface area contributed by atoms with Gasteiger partial charge in [-0.2, -0.15) is 5.10 Å². The molecule has 0 aliphatic heterocycles. The van der Waals surface area contributed by atoms with Gasteiger partial charge in [0.15, 0.2) is 0 Å². The average Bonchev–Trinajstić information content (AvgIpc) is 2.51. The Morgan fingerprint density at radius 1 is 1.75 bits per heavy atom. The number of hydrogen-bond acceptors (Lipinski definition) is 3. The first-order valence-corrected chi connectivity index (χ1v) is 4.17. The highest BCUT2D eigenvalue weighted by Crippen LogP contribution is 2.12. The van der Waals surface area contributed by atoms with E-state index in [1.54, 1.807) is 6.20 Å². The van der Waals surface area contributed by atoms with Crippen LogP contribution in [0.25, 0.3) is 0 Å². The van der Waals surface area contributed by atoms with Crippen LogP contribution in [0.15, 0.2) is 12.3 Å². The zero-order valence-electron chi connectivity index (χ0n) is 7.27. The molecule has 0 saturated heterocycles. The summed E-state index contributed by atoms with van der Waals surface area (Å²) in [6, 6.07) is 1.79. The van der Waals surface area contributed by atoms with Crippen LogP contribution < -0.4 is 5.73 Å². The van der Waals surface area contributed by atoms with Crippen molar-refractivity contribution in [1.29, 1.82) is 0 Å². The predicted octanol–water partition coefficient (Wildman–Crippen LogP) is 0.285. The second-order valence-corrected chi connectivity index (χ2v) is 2.69. The lowest BCUT2D eigenvalue weighted by Gasteiger charge is -2.11. The van der Waals surface area contributed by atoms with Gasteiger partial charge < -0.3 is 10.8 Å². The Morgan fingerprint density at radius 2 is 2.50 bits per heavy atom. The molecule has 0 bridgehead atoms. The van der Waals surface area contributed by atoms with Gasteiger partial charge in [0.2, 0.25) is 0 Å². The Morgan fingerprint density at radius 3 is 3.08 bits per heavy atom.